The molecule has 1 N–H and O–H groups in total. The fourth-order valence-electron chi connectivity index (χ4n) is 6.29. The van der Waals surface area contributed by atoms with Crippen molar-refractivity contribution in [1.29, 1.82) is 0 Å². The van der Waals surface area contributed by atoms with Crippen molar-refractivity contribution in [1.82, 2.24) is 8.88 Å². The molecule has 0 aromatic heterocycles. The van der Waals surface area contributed by atoms with Crippen LogP contribution in [0.3, 0.4) is 0 Å². The average Bonchev–Trinajstić information content (AvgIpc) is 3.07. The summed E-state index contributed by atoms with van der Waals surface area (Å²) >= 11 is 0.593. The molecule has 0 saturated carbocycles. The number of hydrogen-bond donors (Lipinski definition) is 1. The third-order valence-electron chi connectivity index (χ3n) is 8.67. The summed E-state index contributed by atoms with van der Waals surface area (Å²) in [5, 5.41) is 26.2. The maximum absolute atomic E-state index is 13.8. The molecule has 1 atom stereocenters. The van der Waals surface area contributed by atoms with Crippen LogP contribution in [0.15, 0.2) is 68.8 Å². The smallest absolute Gasteiger partial charge is 0.322 e. The van der Waals surface area contributed by atoms with Gasteiger partial charge >= 0.3 is 5.97 Å². The second kappa shape index (κ2) is 14.5. The van der Waals surface area contributed by atoms with Gasteiger partial charge in [0.15, 0.2) is 0 Å². The zero-order valence-corrected chi connectivity index (χ0v) is 28.0. The molecule has 0 spiro atoms. The van der Waals surface area contributed by atoms with E-state index >= 15 is 0 Å². The molecule has 5 rings (SSSR count). The van der Waals surface area contributed by atoms with Crippen molar-refractivity contribution in [2.45, 2.75) is 62.8 Å². The first kappa shape index (κ1) is 33.9. The van der Waals surface area contributed by atoms with E-state index in [1.54, 1.807) is 6.07 Å². The molecule has 11 nitrogen and oxygen atoms in total. The third kappa shape index (κ3) is 6.53. The Hall–Kier alpha value is -3.46. The maximum atomic E-state index is 13.8. The summed E-state index contributed by atoms with van der Waals surface area (Å²) in [5.74, 6) is -0.549. The maximum Gasteiger partial charge on any atom is 0.322 e. The lowest BCUT2D eigenvalue weighted by Crippen LogP contribution is -2.47. The van der Waals surface area contributed by atoms with E-state index < -0.39 is 22.0 Å². The van der Waals surface area contributed by atoms with Gasteiger partial charge in [-0.15, -0.1) is 0 Å². The number of carbonyl (C=O) groups is 1. The molecule has 1 aliphatic carbocycles. The van der Waals surface area contributed by atoms with E-state index in [0.717, 1.165) is 58.0 Å². The number of benzene rings is 3. The van der Waals surface area contributed by atoms with Gasteiger partial charge in [0, 0.05) is 58.9 Å². The molecule has 46 heavy (non-hydrogen) atoms. The predicted molar refractivity (Wildman–Crippen MR) is 175 cm³/mol. The molecule has 0 radical (unpaired) electrons. The van der Waals surface area contributed by atoms with Gasteiger partial charge in [0.1, 0.15) is 30.5 Å². The molecule has 2 aromatic rings. The Morgan fingerprint density at radius 2 is 1.78 bits per heavy atom. The van der Waals surface area contributed by atoms with E-state index in [0.29, 0.717) is 46.7 Å². The second-order valence-electron chi connectivity index (χ2n) is 11.0. The van der Waals surface area contributed by atoms with Gasteiger partial charge in [-0.3, -0.25) is 9.83 Å². The highest BCUT2D eigenvalue weighted by Gasteiger charge is 2.38. The second-order valence-corrected chi connectivity index (χ2v) is 13.7. The lowest BCUT2D eigenvalue weighted by atomic mass is 9.93. The van der Waals surface area contributed by atoms with Gasteiger partial charge in [0.25, 0.3) is 0 Å². The highest BCUT2D eigenvalue weighted by Crippen LogP contribution is 2.45. The van der Waals surface area contributed by atoms with Gasteiger partial charge in [-0.2, -0.15) is 8.64 Å². The fourth-order valence-corrected chi connectivity index (χ4v) is 8.58. The first-order valence-electron chi connectivity index (χ1n) is 15.5. The molecule has 1 saturated heterocycles. The number of aliphatic carboxylic acids is 1. The lowest BCUT2D eigenvalue weighted by Gasteiger charge is -2.32. The molecular weight excluding hydrogens is 631 g/mol. The van der Waals surface area contributed by atoms with E-state index in [9.17, 15) is 23.6 Å². The molecule has 13 heteroatoms. The Labute approximate surface area is 273 Å². The molecule has 1 unspecified atom stereocenters. The minimum atomic E-state index is -4.19. The minimum Gasteiger partial charge on any atom is -0.691 e. The molecule has 1 fully saturated rings. The van der Waals surface area contributed by atoms with Gasteiger partial charge in [-0.1, -0.05) is 6.07 Å². The Morgan fingerprint density at radius 3 is 2.46 bits per heavy atom. The van der Waals surface area contributed by atoms with Crippen molar-refractivity contribution in [3.8, 4) is 22.5 Å². The largest absolute Gasteiger partial charge is 0.691 e. The van der Waals surface area contributed by atoms with Crippen LogP contribution in [0.4, 0.5) is 5.69 Å². The molecule has 2 heterocycles. The summed E-state index contributed by atoms with van der Waals surface area (Å²) in [6.07, 6.45) is 1.42. The summed E-state index contributed by atoms with van der Waals surface area (Å²) < 4.78 is 42.2. The summed E-state index contributed by atoms with van der Waals surface area (Å²) in [6, 6.07) is 15.4. The zero-order chi connectivity index (χ0) is 33.0. The van der Waals surface area contributed by atoms with Crippen molar-refractivity contribution < 1.29 is 37.4 Å². The number of hydrogen-bond acceptors (Lipinski definition) is 9. The number of rotatable bonds is 12. The molecule has 2 aromatic carbocycles. The number of piperidine rings is 1. The molecule has 3 aliphatic rings. The van der Waals surface area contributed by atoms with Gasteiger partial charge < -0.3 is 19.7 Å². The molecule has 246 valence electrons. The standard InChI is InChI=1S/C33H39N3O8S2/c1-5-34(6-2)22-12-15-25-29(19-22)42-30-20-23(35(7-3)8-4)13-16-26(30)32(25)27-17-14-24(21-31(27)45-44-43-39)46(40,41)36-18-10-9-11-28(36)33(37)38/h12-17,19-21,28H,5-11,18H2,1-4H3,(H-,37,38,39). The van der Waals surface area contributed by atoms with Crippen LogP contribution in [0.5, 0.6) is 0 Å². The van der Waals surface area contributed by atoms with E-state index in [2.05, 4.69) is 42.2 Å². The van der Waals surface area contributed by atoms with Crippen LogP contribution in [-0.2, 0) is 24.2 Å². The predicted octanol–water partition coefficient (Wildman–Crippen LogP) is 4.72. The quantitative estimate of drug-likeness (QED) is 0.0742. The van der Waals surface area contributed by atoms with Crippen LogP contribution in [0, 0.1) is 0 Å². The Morgan fingerprint density at radius 1 is 1.04 bits per heavy atom. The fraction of sp³-hybridized carbons (Fsp3) is 0.394. The number of fused-ring (bicyclic) bond motifs is 2. The van der Waals surface area contributed by atoms with Gasteiger partial charge in [0.05, 0.1) is 23.0 Å². The first-order chi connectivity index (χ1) is 22.2. The van der Waals surface area contributed by atoms with Crippen molar-refractivity contribution in [2.75, 3.05) is 37.6 Å². The number of carboxylic acids is 1. The number of nitrogens with zero attached hydrogens (tertiary/aromatic N) is 3. The van der Waals surface area contributed by atoms with Gasteiger partial charge in [-0.05, 0) is 82.9 Å². The van der Waals surface area contributed by atoms with Gasteiger partial charge in [-0.25, -0.2) is 13.0 Å². The van der Waals surface area contributed by atoms with Crippen LogP contribution < -0.4 is 20.1 Å². The van der Waals surface area contributed by atoms with Gasteiger partial charge in [0.2, 0.25) is 15.4 Å². The van der Waals surface area contributed by atoms with Crippen molar-refractivity contribution >= 4 is 44.7 Å². The Kier molecular flexibility index (Phi) is 10.7. The highest BCUT2D eigenvalue weighted by atomic mass is 32.2. The zero-order valence-electron chi connectivity index (χ0n) is 26.4. The van der Waals surface area contributed by atoms with Crippen LogP contribution in [0.1, 0.15) is 47.0 Å². The first-order valence-corrected chi connectivity index (χ1v) is 17.7. The third-order valence-corrected chi connectivity index (χ3v) is 11.2. The highest BCUT2D eigenvalue weighted by molar-refractivity contribution is 7.94. The number of carboxylic acid groups (broad SMARTS) is 1. The molecule has 0 bridgehead atoms. The number of sulfonamides is 1. The van der Waals surface area contributed by atoms with E-state index in [4.69, 9.17) is 8.75 Å². The summed E-state index contributed by atoms with van der Waals surface area (Å²) in [4.78, 5) is 14.4. The topological polar surface area (TPSA) is 136 Å². The SMILES string of the molecule is CCN(CC)c1ccc2c(-c3ccc(S(=O)(=O)N4CCCCC4C(=O)O)cc3SOO[O-])c3ccc(=[N+](CC)CC)cc-3oc2c1. The molecular formula is C33H39N3O8S2. The minimum absolute atomic E-state index is 0.100. The lowest BCUT2D eigenvalue weighted by molar-refractivity contribution is -0.777. The molecule has 2 aliphatic heterocycles. The Balaban J connectivity index is 1.78. The summed E-state index contributed by atoms with van der Waals surface area (Å²) in [7, 11) is -4.19. The number of anilines is 1. The normalized spacial score (nSPS) is 15.8. The van der Waals surface area contributed by atoms with Crippen LogP contribution in [0.2, 0.25) is 0 Å². The van der Waals surface area contributed by atoms with Crippen molar-refractivity contribution in [3.63, 3.8) is 0 Å². The summed E-state index contributed by atoms with van der Waals surface area (Å²) in [5.41, 5.74) is 3.76. The van der Waals surface area contributed by atoms with Crippen LogP contribution in [-0.4, -0.2) is 62.6 Å². The molecule has 0 amide bonds. The summed E-state index contributed by atoms with van der Waals surface area (Å²) in [6.45, 7) is 11.7. The van der Waals surface area contributed by atoms with Crippen LogP contribution in [0.25, 0.3) is 33.4 Å². The van der Waals surface area contributed by atoms with Crippen molar-refractivity contribution in [2.24, 2.45) is 0 Å². The Bertz CT molecular complexity index is 1860. The van der Waals surface area contributed by atoms with E-state index in [-0.39, 0.29) is 17.9 Å². The van der Waals surface area contributed by atoms with E-state index in [1.165, 1.54) is 12.1 Å². The monoisotopic (exact) mass is 669 g/mol. The van der Waals surface area contributed by atoms with Crippen LogP contribution >= 0.6 is 12.0 Å². The average molecular weight is 670 g/mol. The van der Waals surface area contributed by atoms with E-state index in [1.807, 2.05) is 36.4 Å². The van der Waals surface area contributed by atoms with Crippen molar-refractivity contribution in [3.05, 3.63) is 60.0 Å².